The Hall–Kier alpha value is -1.32. The normalized spacial score (nSPS) is 17.8. The van der Waals surface area contributed by atoms with Crippen LogP contribution in [0.15, 0.2) is 12.5 Å². The number of carbonyl (C=O) groups is 1. The molecule has 0 unspecified atom stereocenters. The summed E-state index contributed by atoms with van der Waals surface area (Å²) in [5.41, 5.74) is 5.43. The van der Waals surface area contributed by atoms with Gasteiger partial charge in [0.05, 0.1) is 6.20 Å². The van der Waals surface area contributed by atoms with Crippen LogP contribution in [0.3, 0.4) is 0 Å². The van der Waals surface area contributed by atoms with Crippen molar-refractivity contribution in [2.24, 2.45) is 5.92 Å². The van der Waals surface area contributed by atoms with Crippen LogP contribution in [0.2, 0.25) is 0 Å². The maximum absolute atomic E-state index is 11.7. The van der Waals surface area contributed by atoms with Crippen molar-refractivity contribution in [3.63, 3.8) is 0 Å². The van der Waals surface area contributed by atoms with E-state index in [0.717, 1.165) is 12.8 Å². The minimum Gasteiger partial charge on any atom is -0.382 e. The molecule has 0 saturated heterocycles. The number of carbonyl (C=O) groups excluding carboxylic acids is 1. The Morgan fingerprint density at radius 3 is 2.77 bits per heavy atom. The Labute approximate surface area is 76.8 Å². The summed E-state index contributed by atoms with van der Waals surface area (Å²) in [4.78, 5) is 15.6. The molecule has 1 fully saturated rings. The molecular weight excluding hydrogens is 166 g/mol. The zero-order chi connectivity index (χ0) is 9.26. The van der Waals surface area contributed by atoms with E-state index in [0.29, 0.717) is 5.82 Å². The van der Waals surface area contributed by atoms with Crippen LogP contribution in [-0.2, 0) is 0 Å². The van der Waals surface area contributed by atoms with E-state index in [9.17, 15) is 4.79 Å². The summed E-state index contributed by atoms with van der Waals surface area (Å²) in [7, 11) is 0. The van der Waals surface area contributed by atoms with Crippen molar-refractivity contribution < 1.29 is 4.79 Å². The lowest BCUT2D eigenvalue weighted by atomic mass is 10.1. The van der Waals surface area contributed by atoms with Crippen LogP contribution in [-0.4, -0.2) is 15.5 Å². The average molecular weight is 179 g/mol. The number of nitrogen functional groups attached to an aromatic ring is 1. The number of hydrogen-bond donors (Lipinski definition) is 1. The summed E-state index contributed by atoms with van der Waals surface area (Å²) in [5, 5.41) is 0. The van der Waals surface area contributed by atoms with Crippen LogP contribution in [0.25, 0.3) is 0 Å². The average Bonchev–Trinajstić information content (AvgIpc) is 2.72. The smallest absolute Gasteiger partial charge is 0.235 e. The first kappa shape index (κ1) is 8.29. The summed E-state index contributed by atoms with van der Waals surface area (Å²) in [5.74, 6) is 0.738. The van der Waals surface area contributed by atoms with Gasteiger partial charge in [0, 0.05) is 5.92 Å². The first-order valence-corrected chi connectivity index (χ1v) is 4.61. The molecule has 0 bridgehead atoms. The molecule has 0 amide bonds. The van der Waals surface area contributed by atoms with Crippen LogP contribution < -0.4 is 5.73 Å². The third-order valence-electron chi connectivity index (χ3n) is 2.56. The van der Waals surface area contributed by atoms with Gasteiger partial charge in [-0.1, -0.05) is 12.8 Å². The van der Waals surface area contributed by atoms with Crippen LogP contribution >= 0.6 is 0 Å². The highest BCUT2D eigenvalue weighted by atomic mass is 16.2. The fourth-order valence-electron chi connectivity index (χ4n) is 1.84. The largest absolute Gasteiger partial charge is 0.382 e. The molecule has 1 aliphatic carbocycles. The molecule has 1 aliphatic rings. The molecule has 1 aromatic rings. The van der Waals surface area contributed by atoms with Gasteiger partial charge >= 0.3 is 0 Å². The van der Waals surface area contributed by atoms with Crippen LogP contribution in [0, 0.1) is 5.92 Å². The second kappa shape index (κ2) is 3.20. The van der Waals surface area contributed by atoms with Crippen molar-refractivity contribution >= 4 is 11.7 Å². The second-order valence-corrected chi connectivity index (χ2v) is 3.53. The summed E-state index contributed by atoms with van der Waals surface area (Å²) >= 11 is 0. The number of aromatic nitrogens is 2. The van der Waals surface area contributed by atoms with Gasteiger partial charge in [0.25, 0.3) is 0 Å². The lowest BCUT2D eigenvalue weighted by molar-refractivity contribution is 0.0837. The molecule has 70 valence electrons. The predicted octanol–water partition coefficient (Wildman–Crippen LogP) is 1.30. The van der Waals surface area contributed by atoms with Gasteiger partial charge in [-0.2, -0.15) is 0 Å². The maximum Gasteiger partial charge on any atom is 0.235 e. The molecule has 0 aromatic carbocycles. The molecule has 1 saturated carbocycles. The lowest BCUT2D eigenvalue weighted by Crippen LogP contribution is -2.17. The monoisotopic (exact) mass is 179 g/mol. The molecule has 4 nitrogen and oxygen atoms in total. The van der Waals surface area contributed by atoms with Gasteiger partial charge in [-0.15, -0.1) is 0 Å². The van der Waals surface area contributed by atoms with Crippen molar-refractivity contribution in [3.8, 4) is 0 Å². The number of nitrogens with zero attached hydrogens (tertiary/aromatic N) is 2. The number of hydrogen-bond acceptors (Lipinski definition) is 3. The molecule has 0 atom stereocenters. The van der Waals surface area contributed by atoms with E-state index < -0.39 is 0 Å². The van der Waals surface area contributed by atoms with E-state index >= 15 is 0 Å². The van der Waals surface area contributed by atoms with E-state index in [1.807, 2.05) is 0 Å². The molecule has 4 heteroatoms. The molecule has 13 heavy (non-hydrogen) atoms. The fraction of sp³-hybridized carbons (Fsp3) is 0.556. The molecule has 2 rings (SSSR count). The van der Waals surface area contributed by atoms with Gasteiger partial charge < -0.3 is 5.73 Å². The second-order valence-electron chi connectivity index (χ2n) is 3.53. The highest BCUT2D eigenvalue weighted by Crippen LogP contribution is 2.26. The van der Waals surface area contributed by atoms with Crippen molar-refractivity contribution in [3.05, 3.63) is 12.5 Å². The first-order chi connectivity index (χ1) is 6.27. The van der Waals surface area contributed by atoms with Gasteiger partial charge in [-0.25, -0.2) is 4.98 Å². The quantitative estimate of drug-likeness (QED) is 0.706. The third-order valence-corrected chi connectivity index (χ3v) is 2.56. The Morgan fingerprint density at radius 2 is 2.23 bits per heavy atom. The molecule has 0 radical (unpaired) electrons. The van der Waals surface area contributed by atoms with Crippen LogP contribution in [0.4, 0.5) is 5.82 Å². The van der Waals surface area contributed by atoms with Crippen molar-refractivity contribution in [2.45, 2.75) is 25.7 Å². The molecule has 2 N–H and O–H groups in total. The van der Waals surface area contributed by atoms with Gasteiger partial charge in [0.15, 0.2) is 0 Å². The van der Waals surface area contributed by atoms with Crippen molar-refractivity contribution in [1.82, 2.24) is 9.55 Å². The molecule has 0 spiro atoms. The van der Waals surface area contributed by atoms with Gasteiger partial charge in [-0.05, 0) is 12.8 Å². The zero-order valence-corrected chi connectivity index (χ0v) is 7.44. The molecule has 1 aromatic heterocycles. The van der Waals surface area contributed by atoms with E-state index in [1.165, 1.54) is 23.7 Å². The summed E-state index contributed by atoms with van der Waals surface area (Å²) in [6, 6.07) is 0. The Balaban J connectivity index is 2.12. The summed E-state index contributed by atoms with van der Waals surface area (Å²) < 4.78 is 1.51. The van der Waals surface area contributed by atoms with Crippen molar-refractivity contribution in [1.29, 1.82) is 0 Å². The first-order valence-electron chi connectivity index (χ1n) is 4.61. The van der Waals surface area contributed by atoms with E-state index in [-0.39, 0.29) is 11.8 Å². The SMILES string of the molecule is Nc1cn(C(=O)C2CCCC2)cn1. The van der Waals surface area contributed by atoms with Crippen molar-refractivity contribution in [2.75, 3.05) is 5.73 Å². The van der Waals surface area contributed by atoms with Gasteiger partial charge in [-0.3, -0.25) is 9.36 Å². The van der Waals surface area contributed by atoms with E-state index in [1.54, 1.807) is 6.20 Å². The number of nitrogens with two attached hydrogens (primary N) is 1. The summed E-state index contributed by atoms with van der Waals surface area (Å²) in [6.45, 7) is 0. The Morgan fingerprint density at radius 1 is 1.54 bits per heavy atom. The number of anilines is 1. The minimum absolute atomic E-state index is 0.140. The minimum atomic E-state index is 0.140. The number of imidazole rings is 1. The lowest BCUT2D eigenvalue weighted by Gasteiger charge is -2.06. The fourth-order valence-corrected chi connectivity index (χ4v) is 1.84. The van der Waals surface area contributed by atoms with Gasteiger partial charge in [0.1, 0.15) is 12.1 Å². The predicted molar refractivity (Wildman–Crippen MR) is 49.2 cm³/mol. The summed E-state index contributed by atoms with van der Waals surface area (Å²) in [6.07, 6.45) is 7.44. The zero-order valence-electron chi connectivity index (χ0n) is 7.44. The molecular formula is C9H13N3O. The highest BCUT2D eigenvalue weighted by Gasteiger charge is 2.23. The third kappa shape index (κ3) is 1.56. The van der Waals surface area contributed by atoms with Crippen LogP contribution in [0.5, 0.6) is 0 Å². The Kier molecular flexibility index (Phi) is 2.04. The highest BCUT2D eigenvalue weighted by molar-refractivity contribution is 5.81. The molecule has 0 aliphatic heterocycles. The van der Waals surface area contributed by atoms with Gasteiger partial charge in [0.2, 0.25) is 5.91 Å². The number of rotatable bonds is 1. The topological polar surface area (TPSA) is 60.9 Å². The maximum atomic E-state index is 11.7. The van der Waals surface area contributed by atoms with E-state index in [2.05, 4.69) is 4.98 Å². The van der Waals surface area contributed by atoms with E-state index in [4.69, 9.17) is 5.73 Å². The van der Waals surface area contributed by atoms with Crippen LogP contribution in [0.1, 0.15) is 30.5 Å². The standard InChI is InChI=1S/C9H13N3O/c10-8-5-12(6-11-8)9(13)7-3-1-2-4-7/h5-7H,1-4,10H2. The molecule has 1 heterocycles. The Bertz CT molecular complexity index is 312.